The molecule has 1 fully saturated rings. The van der Waals surface area contributed by atoms with E-state index in [1.807, 2.05) is 13.8 Å². The van der Waals surface area contributed by atoms with Gasteiger partial charge in [-0.3, -0.25) is 11.3 Å². The smallest absolute Gasteiger partial charge is 0.159 e. The van der Waals surface area contributed by atoms with Crippen LogP contribution in [0.4, 0.5) is 8.78 Å². The Kier molecular flexibility index (Phi) is 4.18. The maximum Gasteiger partial charge on any atom is 0.159 e. The van der Waals surface area contributed by atoms with Crippen LogP contribution in [-0.2, 0) is 4.74 Å². The lowest BCUT2D eigenvalue weighted by Crippen LogP contribution is -2.38. The van der Waals surface area contributed by atoms with Gasteiger partial charge in [0.25, 0.3) is 0 Å². The molecule has 106 valence electrons. The average molecular weight is 270 g/mol. The Morgan fingerprint density at radius 3 is 2.32 bits per heavy atom. The Morgan fingerprint density at radius 1 is 1.16 bits per heavy atom. The molecular weight excluding hydrogens is 250 g/mol. The highest BCUT2D eigenvalue weighted by molar-refractivity contribution is 5.23. The summed E-state index contributed by atoms with van der Waals surface area (Å²) >= 11 is 0. The molecule has 0 amide bonds. The summed E-state index contributed by atoms with van der Waals surface area (Å²) in [7, 11) is 0. The molecule has 1 aliphatic rings. The molecule has 5 heteroatoms. The third kappa shape index (κ3) is 2.63. The maximum absolute atomic E-state index is 13.4. The first-order valence-corrected chi connectivity index (χ1v) is 6.52. The second-order valence-electron chi connectivity index (χ2n) is 5.30. The van der Waals surface area contributed by atoms with E-state index in [9.17, 15) is 8.78 Å². The summed E-state index contributed by atoms with van der Waals surface area (Å²) in [5.41, 5.74) is 3.36. The van der Waals surface area contributed by atoms with E-state index in [1.165, 1.54) is 6.07 Å². The number of hydrogen-bond donors (Lipinski definition) is 2. The number of benzene rings is 1. The molecular formula is C14H20F2N2O. The van der Waals surface area contributed by atoms with Gasteiger partial charge in [0.1, 0.15) is 0 Å². The summed E-state index contributed by atoms with van der Waals surface area (Å²) in [6, 6.07) is 3.63. The first-order chi connectivity index (χ1) is 8.95. The van der Waals surface area contributed by atoms with Crippen LogP contribution in [0.25, 0.3) is 0 Å². The molecule has 0 aliphatic carbocycles. The Labute approximate surface area is 112 Å². The number of ether oxygens (including phenoxy) is 1. The van der Waals surface area contributed by atoms with Crippen LogP contribution in [-0.4, -0.2) is 12.2 Å². The van der Waals surface area contributed by atoms with Gasteiger partial charge >= 0.3 is 0 Å². The normalized spacial score (nSPS) is 32.5. The zero-order valence-electron chi connectivity index (χ0n) is 11.4. The van der Waals surface area contributed by atoms with Gasteiger partial charge in [-0.05, 0) is 37.5 Å². The lowest BCUT2D eigenvalue weighted by atomic mass is 9.81. The topological polar surface area (TPSA) is 47.3 Å². The van der Waals surface area contributed by atoms with Crippen molar-refractivity contribution >= 4 is 0 Å². The minimum atomic E-state index is -0.856. The third-order valence-corrected chi connectivity index (χ3v) is 4.19. The predicted octanol–water partition coefficient (Wildman–Crippen LogP) is 2.53. The van der Waals surface area contributed by atoms with Crippen molar-refractivity contribution in [2.45, 2.75) is 39.0 Å². The standard InChI is InChI=1S/C14H20F2N2O/c1-7-8(2)19-9(3)13(7)14(18-17)10-4-5-11(15)12(16)6-10/h4-9,13-14,18H,17H2,1-3H3. The molecule has 1 aromatic carbocycles. The van der Waals surface area contributed by atoms with Crippen molar-refractivity contribution in [1.82, 2.24) is 5.43 Å². The molecule has 1 aromatic rings. The molecule has 0 saturated carbocycles. The van der Waals surface area contributed by atoms with Crippen LogP contribution in [0.2, 0.25) is 0 Å². The van der Waals surface area contributed by atoms with Gasteiger partial charge < -0.3 is 4.74 Å². The third-order valence-electron chi connectivity index (χ3n) is 4.19. The molecule has 1 aliphatic heterocycles. The summed E-state index contributed by atoms with van der Waals surface area (Å²) in [6.07, 6.45) is 0.139. The predicted molar refractivity (Wildman–Crippen MR) is 69.1 cm³/mol. The molecule has 0 aromatic heterocycles. The van der Waals surface area contributed by atoms with Crippen LogP contribution in [0, 0.1) is 23.5 Å². The van der Waals surface area contributed by atoms with Gasteiger partial charge in [0.15, 0.2) is 11.6 Å². The first-order valence-electron chi connectivity index (χ1n) is 6.52. The summed E-state index contributed by atoms with van der Waals surface area (Å²) in [5, 5.41) is 0. The van der Waals surface area contributed by atoms with Gasteiger partial charge in [-0.1, -0.05) is 13.0 Å². The van der Waals surface area contributed by atoms with Crippen LogP contribution in [0.5, 0.6) is 0 Å². The van der Waals surface area contributed by atoms with Gasteiger partial charge in [-0.2, -0.15) is 0 Å². The Bertz CT molecular complexity index is 455. The van der Waals surface area contributed by atoms with E-state index in [0.717, 1.165) is 6.07 Å². The molecule has 19 heavy (non-hydrogen) atoms. The van der Waals surface area contributed by atoms with Crippen molar-refractivity contribution < 1.29 is 13.5 Å². The summed E-state index contributed by atoms with van der Waals surface area (Å²) in [4.78, 5) is 0. The van der Waals surface area contributed by atoms with E-state index < -0.39 is 11.6 Å². The number of nitrogens with two attached hydrogens (primary N) is 1. The van der Waals surface area contributed by atoms with Gasteiger partial charge in [0.05, 0.1) is 18.2 Å². The second kappa shape index (κ2) is 5.53. The molecule has 3 N–H and O–H groups in total. The number of rotatable bonds is 3. The summed E-state index contributed by atoms with van der Waals surface area (Å²) in [5.74, 6) is 4.31. The number of nitrogens with one attached hydrogen (secondary N) is 1. The van der Waals surface area contributed by atoms with Gasteiger partial charge in [-0.25, -0.2) is 8.78 Å². The van der Waals surface area contributed by atoms with Crippen LogP contribution in [0.3, 0.4) is 0 Å². The molecule has 5 atom stereocenters. The Morgan fingerprint density at radius 2 is 1.84 bits per heavy atom. The zero-order chi connectivity index (χ0) is 14.2. The highest BCUT2D eigenvalue weighted by atomic mass is 19.2. The fourth-order valence-electron chi connectivity index (χ4n) is 3.00. The zero-order valence-corrected chi connectivity index (χ0v) is 11.4. The number of halogens is 2. The quantitative estimate of drug-likeness (QED) is 0.655. The van der Waals surface area contributed by atoms with E-state index in [4.69, 9.17) is 10.6 Å². The van der Waals surface area contributed by atoms with Crippen molar-refractivity contribution in [2.24, 2.45) is 17.7 Å². The fourth-order valence-corrected chi connectivity index (χ4v) is 3.00. The maximum atomic E-state index is 13.4. The minimum Gasteiger partial charge on any atom is -0.375 e. The molecule has 1 saturated heterocycles. The van der Waals surface area contributed by atoms with Gasteiger partial charge in [0, 0.05) is 5.92 Å². The fraction of sp³-hybridized carbons (Fsp3) is 0.571. The SMILES string of the molecule is CC1OC(C)C(C(NN)c2ccc(F)c(F)c2)C1C. The van der Waals surface area contributed by atoms with E-state index in [1.54, 1.807) is 6.07 Å². The summed E-state index contributed by atoms with van der Waals surface area (Å²) in [6.45, 7) is 6.08. The largest absolute Gasteiger partial charge is 0.375 e. The van der Waals surface area contributed by atoms with E-state index in [0.29, 0.717) is 5.56 Å². The molecule has 3 nitrogen and oxygen atoms in total. The minimum absolute atomic E-state index is 0.0131. The monoisotopic (exact) mass is 270 g/mol. The highest BCUT2D eigenvalue weighted by Crippen LogP contribution is 2.40. The van der Waals surface area contributed by atoms with Crippen molar-refractivity contribution in [3.8, 4) is 0 Å². The average Bonchev–Trinajstić information content (AvgIpc) is 2.61. The van der Waals surface area contributed by atoms with Crippen molar-refractivity contribution in [3.05, 3.63) is 35.4 Å². The van der Waals surface area contributed by atoms with Crippen molar-refractivity contribution in [2.75, 3.05) is 0 Å². The van der Waals surface area contributed by atoms with Crippen LogP contribution >= 0.6 is 0 Å². The van der Waals surface area contributed by atoms with Crippen molar-refractivity contribution in [3.63, 3.8) is 0 Å². The molecule has 0 spiro atoms. The van der Waals surface area contributed by atoms with E-state index in [-0.39, 0.29) is 30.1 Å². The van der Waals surface area contributed by atoms with Gasteiger partial charge in [-0.15, -0.1) is 0 Å². The number of hydrogen-bond acceptors (Lipinski definition) is 3. The first kappa shape index (κ1) is 14.4. The van der Waals surface area contributed by atoms with Crippen LogP contribution in [0.15, 0.2) is 18.2 Å². The van der Waals surface area contributed by atoms with Crippen LogP contribution < -0.4 is 11.3 Å². The number of hydrazine groups is 1. The lowest BCUT2D eigenvalue weighted by Gasteiger charge is -2.28. The molecule has 2 rings (SSSR count). The Balaban J connectivity index is 2.31. The molecule has 1 heterocycles. The van der Waals surface area contributed by atoms with Gasteiger partial charge in [0.2, 0.25) is 0 Å². The highest BCUT2D eigenvalue weighted by Gasteiger charge is 2.42. The molecule has 0 bridgehead atoms. The summed E-state index contributed by atoms with van der Waals surface area (Å²) < 4.78 is 32.1. The lowest BCUT2D eigenvalue weighted by molar-refractivity contribution is 0.0475. The molecule has 5 unspecified atom stereocenters. The van der Waals surface area contributed by atoms with Crippen LogP contribution in [0.1, 0.15) is 32.4 Å². The Hall–Kier alpha value is -1.04. The van der Waals surface area contributed by atoms with E-state index in [2.05, 4.69) is 12.3 Å². The molecule has 0 radical (unpaired) electrons. The second-order valence-corrected chi connectivity index (χ2v) is 5.30. The van der Waals surface area contributed by atoms with Crippen molar-refractivity contribution in [1.29, 1.82) is 0 Å². The van der Waals surface area contributed by atoms with E-state index >= 15 is 0 Å².